The highest BCUT2D eigenvalue weighted by Crippen LogP contribution is 2.30. The van der Waals surface area contributed by atoms with E-state index >= 15 is 0 Å². The molecule has 22 heavy (non-hydrogen) atoms. The second kappa shape index (κ2) is 7.01. The molecule has 0 bridgehead atoms. The minimum Gasteiger partial charge on any atom is -0.486 e. The number of likely N-dealkylation sites (tertiary alicyclic amines) is 1. The van der Waals surface area contributed by atoms with Gasteiger partial charge in [-0.2, -0.15) is 0 Å². The Morgan fingerprint density at radius 2 is 2.18 bits per heavy atom. The maximum atomic E-state index is 12.1. The second-order valence-electron chi connectivity index (χ2n) is 6.28. The van der Waals surface area contributed by atoms with Crippen LogP contribution in [0.2, 0.25) is 0 Å². The zero-order valence-electron chi connectivity index (χ0n) is 13.1. The first-order valence-electron chi connectivity index (χ1n) is 8.08. The number of rotatable bonds is 4. The van der Waals surface area contributed by atoms with Gasteiger partial charge in [0.2, 0.25) is 5.91 Å². The molecule has 5 nitrogen and oxygen atoms in total. The van der Waals surface area contributed by atoms with Crippen molar-refractivity contribution in [2.75, 3.05) is 32.8 Å². The maximum absolute atomic E-state index is 12.1. The molecule has 1 saturated heterocycles. The zero-order chi connectivity index (χ0) is 15.4. The molecule has 120 valence electrons. The van der Waals surface area contributed by atoms with Gasteiger partial charge in [-0.05, 0) is 37.4 Å². The van der Waals surface area contributed by atoms with Crippen molar-refractivity contribution >= 4 is 5.91 Å². The van der Waals surface area contributed by atoms with Gasteiger partial charge >= 0.3 is 0 Å². The highest BCUT2D eigenvalue weighted by molar-refractivity contribution is 5.78. The summed E-state index contributed by atoms with van der Waals surface area (Å²) in [4.78, 5) is 14.3. The topological polar surface area (TPSA) is 50.8 Å². The largest absolute Gasteiger partial charge is 0.486 e. The monoisotopic (exact) mass is 304 g/mol. The number of piperidine rings is 1. The van der Waals surface area contributed by atoms with Crippen LogP contribution in [-0.4, -0.2) is 49.7 Å². The fourth-order valence-electron chi connectivity index (χ4n) is 3.08. The highest BCUT2D eigenvalue weighted by Gasteiger charge is 2.22. The number of nitrogens with one attached hydrogen (secondary N) is 1. The summed E-state index contributed by atoms with van der Waals surface area (Å²) in [5.41, 5.74) is 0. The Bertz CT molecular complexity index is 520. The summed E-state index contributed by atoms with van der Waals surface area (Å²) in [5, 5.41) is 2.96. The van der Waals surface area contributed by atoms with Crippen LogP contribution in [0.4, 0.5) is 0 Å². The number of hydrogen-bond acceptors (Lipinski definition) is 4. The van der Waals surface area contributed by atoms with Crippen LogP contribution in [0, 0.1) is 5.92 Å². The van der Waals surface area contributed by atoms with Gasteiger partial charge in [0.15, 0.2) is 11.5 Å². The Hall–Kier alpha value is -1.75. The normalized spacial score (nSPS) is 24.8. The van der Waals surface area contributed by atoms with E-state index in [4.69, 9.17) is 9.47 Å². The minimum absolute atomic E-state index is 0.0663. The second-order valence-corrected chi connectivity index (χ2v) is 6.28. The number of nitrogens with zero attached hydrogens (tertiary/aromatic N) is 1. The lowest BCUT2D eigenvalue weighted by Crippen LogP contribution is -2.46. The lowest BCUT2D eigenvalue weighted by molar-refractivity contribution is -0.123. The Labute approximate surface area is 131 Å². The van der Waals surface area contributed by atoms with Gasteiger partial charge in [-0.1, -0.05) is 19.1 Å². The van der Waals surface area contributed by atoms with E-state index in [2.05, 4.69) is 17.1 Å². The molecule has 0 unspecified atom stereocenters. The van der Waals surface area contributed by atoms with Crippen LogP contribution in [0.15, 0.2) is 24.3 Å². The van der Waals surface area contributed by atoms with Crippen molar-refractivity contribution in [3.8, 4) is 11.5 Å². The van der Waals surface area contributed by atoms with Gasteiger partial charge in [0.1, 0.15) is 12.7 Å². The van der Waals surface area contributed by atoms with Crippen molar-refractivity contribution in [3.63, 3.8) is 0 Å². The number of fused-ring (bicyclic) bond motifs is 1. The lowest BCUT2D eigenvalue weighted by atomic mass is 10.0. The average molecular weight is 304 g/mol. The van der Waals surface area contributed by atoms with Gasteiger partial charge in [0, 0.05) is 6.54 Å². The number of hydrogen-bond donors (Lipinski definition) is 1. The number of amides is 1. The predicted molar refractivity (Wildman–Crippen MR) is 84.2 cm³/mol. The molecule has 1 fully saturated rings. The highest BCUT2D eigenvalue weighted by atomic mass is 16.6. The van der Waals surface area contributed by atoms with Crippen molar-refractivity contribution in [2.45, 2.75) is 25.9 Å². The Morgan fingerprint density at radius 1 is 1.36 bits per heavy atom. The van der Waals surface area contributed by atoms with Crippen molar-refractivity contribution in [3.05, 3.63) is 24.3 Å². The smallest absolute Gasteiger partial charge is 0.234 e. The predicted octanol–water partition coefficient (Wildman–Crippen LogP) is 1.67. The molecule has 0 aromatic heterocycles. The summed E-state index contributed by atoms with van der Waals surface area (Å²) >= 11 is 0. The van der Waals surface area contributed by atoms with Crippen molar-refractivity contribution in [1.82, 2.24) is 10.2 Å². The van der Waals surface area contributed by atoms with Gasteiger partial charge in [-0.15, -0.1) is 0 Å². The Morgan fingerprint density at radius 3 is 3.00 bits per heavy atom. The van der Waals surface area contributed by atoms with E-state index in [1.165, 1.54) is 12.8 Å². The fraction of sp³-hybridized carbons (Fsp3) is 0.588. The van der Waals surface area contributed by atoms with Gasteiger partial charge in [-0.3, -0.25) is 9.69 Å². The first-order valence-corrected chi connectivity index (χ1v) is 8.08. The van der Waals surface area contributed by atoms with E-state index in [-0.39, 0.29) is 12.0 Å². The standard InChI is InChI=1S/C17H24N2O3/c1-13-5-4-8-19(10-13)11-17(20)18-9-14-12-21-15-6-2-3-7-16(15)22-14/h2-3,6-7,13-14H,4-5,8-12H2,1H3,(H,18,20)/t13-,14+/m1/s1. The molecular formula is C17H24N2O3. The lowest BCUT2D eigenvalue weighted by Gasteiger charge is -2.30. The summed E-state index contributed by atoms with van der Waals surface area (Å²) < 4.78 is 11.5. The number of benzene rings is 1. The summed E-state index contributed by atoms with van der Waals surface area (Å²) in [6.45, 7) is 5.72. The summed E-state index contributed by atoms with van der Waals surface area (Å²) in [6.07, 6.45) is 2.33. The molecule has 2 heterocycles. The molecule has 1 amide bonds. The average Bonchev–Trinajstić information content (AvgIpc) is 2.53. The molecule has 0 aliphatic carbocycles. The van der Waals surface area contributed by atoms with E-state index < -0.39 is 0 Å². The van der Waals surface area contributed by atoms with Gasteiger partial charge in [0.25, 0.3) is 0 Å². The molecule has 1 N–H and O–H groups in total. The van der Waals surface area contributed by atoms with Crippen molar-refractivity contribution < 1.29 is 14.3 Å². The summed E-state index contributed by atoms with van der Waals surface area (Å²) in [5.74, 6) is 2.27. The van der Waals surface area contributed by atoms with E-state index in [1.54, 1.807) is 0 Å². The van der Waals surface area contributed by atoms with E-state index in [0.29, 0.717) is 25.6 Å². The molecule has 0 radical (unpaired) electrons. The maximum Gasteiger partial charge on any atom is 0.234 e. The third kappa shape index (κ3) is 3.91. The summed E-state index contributed by atoms with van der Waals surface area (Å²) in [7, 11) is 0. The number of carbonyl (C=O) groups is 1. The van der Waals surface area contributed by atoms with Gasteiger partial charge < -0.3 is 14.8 Å². The minimum atomic E-state index is -0.126. The number of para-hydroxylation sites is 2. The van der Waals surface area contributed by atoms with E-state index in [1.807, 2.05) is 24.3 Å². The Kier molecular flexibility index (Phi) is 4.83. The van der Waals surface area contributed by atoms with Crippen molar-refractivity contribution in [2.24, 2.45) is 5.92 Å². The van der Waals surface area contributed by atoms with Crippen LogP contribution in [0.5, 0.6) is 11.5 Å². The molecule has 0 spiro atoms. The van der Waals surface area contributed by atoms with Crippen molar-refractivity contribution in [1.29, 1.82) is 0 Å². The molecule has 1 aromatic rings. The third-order valence-electron chi connectivity index (χ3n) is 4.20. The van der Waals surface area contributed by atoms with E-state index in [9.17, 15) is 4.79 Å². The first kappa shape index (κ1) is 15.2. The van der Waals surface area contributed by atoms with Crippen LogP contribution >= 0.6 is 0 Å². The molecule has 5 heteroatoms. The molecule has 2 aliphatic rings. The van der Waals surface area contributed by atoms with E-state index in [0.717, 1.165) is 24.6 Å². The van der Waals surface area contributed by atoms with Gasteiger partial charge in [0.05, 0.1) is 13.1 Å². The SMILES string of the molecule is C[C@@H]1CCCN(CC(=O)NC[C@H]2COc3ccccc3O2)C1. The molecule has 1 aromatic carbocycles. The molecule has 0 saturated carbocycles. The molecule has 3 rings (SSSR count). The van der Waals surface area contributed by atoms with Crippen LogP contribution < -0.4 is 14.8 Å². The number of ether oxygens (including phenoxy) is 2. The van der Waals surface area contributed by atoms with Crippen LogP contribution in [0.25, 0.3) is 0 Å². The molecular weight excluding hydrogens is 280 g/mol. The van der Waals surface area contributed by atoms with Crippen LogP contribution in [0.1, 0.15) is 19.8 Å². The first-order chi connectivity index (χ1) is 10.7. The number of carbonyl (C=O) groups excluding carboxylic acids is 1. The fourth-order valence-corrected chi connectivity index (χ4v) is 3.08. The third-order valence-corrected chi connectivity index (χ3v) is 4.20. The quantitative estimate of drug-likeness (QED) is 0.919. The zero-order valence-corrected chi connectivity index (χ0v) is 13.1. The molecule has 2 aliphatic heterocycles. The molecule has 2 atom stereocenters. The van der Waals surface area contributed by atoms with Crippen LogP contribution in [-0.2, 0) is 4.79 Å². The van der Waals surface area contributed by atoms with Gasteiger partial charge in [-0.25, -0.2) is 0 Å². The Balaban J connectivity index is 1.42. The summed E-state index contributed by atoms with van der Waals surface area (Å²) in [6, 6.07) is 7.62. The van der Waals surface area contributed by atoms with Crippen LogP contribution in [0.3, 0.4) is 0 Å².